The summed E-state index contributed by atoms with van der Waals surface area (Å²) in [6.45, 7) is 9.67. The van der Waals surface area contributed by atoms with Crippen molar-refractivity contribution in [3.63, 3.8) is 0 Å². The Kier molecular flexibility index (Phi) is 49.4. The molecule has 86 valence electrons. The maximum atomic E-state index is 9.53. The van der Waals surface area contributed by atoms with Crippen LogP contribution in [0.15, 0.2) is 0 Å². The average molecular weight is 238 g/mol. The first-order valence-electron chi connectivity index (χ1n) is 4.17. The van der Waals surface area contributed by atoms with Crippen molar-refractivity contribution in [3.05, 3.63) is 0 Å². The fourth-order valence-corrected chi connectivity index (χ4v) is 0. The van der Waals surface area contributed by atoms with Crippen LogP contribution in [-0.4, -0.2) is 35.7 Å². The monoisotopic (exact) mass is 238 g/mol. The third-order valence-electron chi connectivity index (χ3n) is 0. The second kappa shape index (κ2) is 23.6. The Labute approximate surface area is 103 Å². The molecular formula is C9H24AlO3P. The first-order chi connectivity index (χ1) is 5.20. The van der Waals surface area contributed by atoms with Gasteiger partial charge >= 0.3 is 17.4 Å². The SMILES string of the molecule is CC(C)[O-].CC(C)[O-].CC(C)[O-].P.[Al+3]. The molecule has 0 radical (unpaired) electrons. The largest absolute Gasteiger partial charge is 3.00 e. The van der Waals surface area contributed by atoms with Gasteiger partial charge < -0.3 is 15.3 Å². The van der Waals surface area contributed by atoms with E-state index >= 15 is 0 Å². The molecule has 0 bridgehead atoms. The molecule has 3 nitrogen and oxygen atoms in total. The van der Waals surface area contributed by atoms with Gasteiger partial charge in [-0.25, -0.2) is 0 Å². The molecule has 0 saturated carbocycles. The summed E-state index contributed by atoms with van der Waals surface area (Å²) in [5.41, 5.74) is 0. The third kappa shape index (κ3) is 2540. The minimum atomic E-state index is -0.417. The molecule has 0 aliphatic heterocycles. The van der Waals surface area contributed by atoms with Crippen LogP contribution in [0.2, 0.25) is 0 Å². The van der Waals surface area contributed by atoms with Crippen LogP contribution in [0.1, 0.15) is 41.5 Å². The summed E-state index contributed by atoms with van der Waals surface area (Å²) in [5, 5.41) is 28.6. The van der Waals surface area contributed by atoms with Crippen molar-refractivity contribution in [2.45, 2.75) is 59.9 Å². The number of rotatable bonds is 0. The molecule has 0 amide bonds. The van der Waals surface area contributed by atoms with E-state index in [1.165, 1.54) is 0 Å². The summed E-state index contributed by atoms with van der Waals surface area (Å²) in [5.74, 6) is 0. The Morgan fingerprint density at radius 2 is 0.571 bits per heavy atom. The molecule has 1 atom stereocenters. The molecule has 0 saturated heterocycles. The number of hydrogen-bond donors (Lipinski definition) is 0. The van der Waals surface area contributed by atoms with Crippen LogP contribution in [0.5, 0.6) is 0 Å². The first kappa shape index (κ1) is 29.4. The van der Waals surface area contributed by atoms with Gasteiger partial charge in [-0.15, -0.1) is 18.3 Å². The van der Waals surface area contributed by atoms with Crippen molar-refractivity contribution >= 4 is 27.3 Å². The molecule has 0 aliphatic carbocycles. The normalized spacial score (nSPS) is 7.71. The minimum Gasteiger partial charge on any atom is -0.852 e. The Hall–Kier alpha value is 0.842. The summed E-state index contributed by atoms with van der Waals surface area (Å²) in [4.78, 5) is 0. The molecule has 0 aromatic carbocycles. The molecule has 0 N–H and O–H groups in total. The quantitative estimate of drug-likeness (QED) is 0.399. The standard InChI is InChI=1S/3C3H7O.Al.H3P/c3*1-3(2)4;;/h3*3H,1-2H3;;1H3/q3*-1;+3;. The molecule has 0 rings (SSSR count). The van der Waals surface area contributed by atoms with Crippen LogP contribution < -0.4 is 15.3 Å². The predicted octanol–water partition coefficient (Wildman–Crippen LogP) is -1.06. The predicted molar refractivity (Wildman–Crippen MR) is 62.3 cm³/mol. The average Bonchev–Trinajstić information content (AvgIpc) is 1.54. The molecule has 0 spiro atoms. The Morgan fingerprint density at radius 3 is 0.571 bits per heavy atom. The zero-order valence-electron chi connectivity index (χ0n) is 10.2. The van der Waals surface area contributed by atoms with Crippen LogP contribution in [0, 0.1) is 0 Å². The molecule has 0 aliphatic rings. The summed E-state index contributed by atoms with van der Waals surface area (Å²) >= 11 is 0. The van der Waals surface area contributed by atoms with Crippen LogP contribution in [0.25, 0.3) is 0 Å². The van der Waals surface area contributed by atoms with E-state index in [0.717, 1.165) is 0 Å². The van der Waals surface area contributed by atoms with Crippen LogP contribution in [-0.2, 0) is 0 Å². The van der Waals surface area contributed by atoms with Gasteiger partial charge in [-0.1, -0.05) is 41.5 Å². The van der Waals surface area contributed by atoms with Crippen molar-refractivity contribution in [2.75, 3.05) is 0 Å². The summed E-state index contributed by atoms with van der Waals surface area (Å²) in [7, 11) is 0. The van der Waals surface area contributed by atoms with E-state index in [0.29, 0.717) is 0 Å². The van der Waals surface area contributed by atoms with E-state index in [9.17, 15) is 15.3 Å². The Bertz CT molecular complexity index is 48.5. The number of hydrogen-bond acceptors (Lipinski definition) is 3. The third-order valence-corrected chi connectivity index (χ3v) is 0. The molecule has 0 aromatic heterocycles. The Balaban J connectivity index is -0.0000000270. The second-order valence-electron chi connectivity index (χ2n) is 3.15. The van der Waals surface area contributed by atoms with Crippen molar-refractivity contribution in [3.8, 4) is 0 Å². The zero-order chi connectivity index (χ0) is 10.7. The van der Waals surface area contributed by atoms with E-state index in [4.69, 9.17) is 0 Å². The van der Waals surface area contributed by atoms with Crippen molar-refractivity contribution in [1.82, 2.24) is 0 Å². The fraction of sp³-hybridized carbons (Fsp3) is 1.00. The Morgan fingerprint density at radius 1 is 0.571 bits per heavy atom. The molecular weight excluding hydrogens is 214 g/mol. The molecule has 5 heteroatoms. The van der Waals surface area contributed by atoms with Gasteiger partial charge in [0.15, 0.2) is 0 Å². The molecule has 14 heavy (non-hydrogen) atoms. The van der Waals surface area contributed by atoms with Crippen molar-refractivity contribution < 1.29 is 15.3 Å². The van der Waals surface area contributed by atoms with E-state index < -0.39 is 18.3 Å². The van der Waals surface area contributed by atoms with E-state index in [-0.39, 0.29) is 27.3 Å². The first-order valence-corrected chi connectivity index (χ1v) is 4.17. The van der Waals surface area contributed by atoms with Gasteiger partial charge in [0.25, 0.3) is 0 Å². The van der Waals surface area contributed by atoms with Gasteiger partial charge in [0.2, 0.25) is 0 Å². The van der Waals surface area contributed by atoms with Gasteiger partial charge in [-0.05, 0) is 0 Å². The van der Waals surface area contributed by atoms with Crippen molar-refractivity contribution in [1.29, 1.82) is 0 Å². The van der Waals surface area contributed by atoms with Crippen LogP contribution in [0.4, 0.5) is 0 Å². The second-order valence-corrected chi connectivity index (χ2v) is 3.15. The van der Waals surface area contributed by atoms with Gasteiger partial charge in [0, 0.05) is 0 Å². The minimum absolute atomic E-state index is 0. The molecule has 1 unspecified atom stereocenters. The smallest absolute Gasteiger partial charge is 0.852 e. The summed E-state index contributed by atoms with van der Waals surface area (Å²) < 4.78 is 0. The van der Waals surface area contributed by atoms with Gasteiger partial charge in [0.1, 0.15) is 0 Å². The molecule has 0 aromatic rings. The topological polar surface area (TPSA) is 69.2 Å². The molecule has 0 fully saturated rings. The van der Waals surface area contributed by atoms with E-state index in [1.807, 2.05) is 0 Å². The summed E-state index contributed by atoms with van der Waals surface area (Å²) in [6.07, 6.45) is -1.25. The van der Waals surface area contributed by atoms with Crippen LogP contribution in [0.3, 0.4) is 0 Å². The zero-order valence-corrected chi connectivity index (χ0v) is 12.8. The van der Waals surface area contributed by atoms with Crippen molar-refractivity contribution in [2.24, 2.45) is 0 Å². The van der Waals surface area contributed by atoms with Crippen LogP contribution >= 0.6 is 9.90 Å². The summed E-state index contributed by atoms with van der Waals surface area (Å²) in [6, 6.07) is 0. The maximum Gasteiger partial charge on any atom is 3.00 e. The van der Waals surface area contributed by atoms with Gasteiger partial charge in [0.05, 0.1) is 0 Å². The maximum absolute atomic E-state index is 9.53. The molecule has 0 heterocycles. The van der Waals surface area contributed by atoms with Gasteiger partial charge in [-0.3, -0.25) is 0 Å². The van der Waals surface area contributed by atoms with E-state index in [2.05, 4.69) is 0 Å². The fourth-order valence-electron chi connectivity index (χ4n) is 0. The van der Waals surface area contributed by atoms with Gasteiger partial charge in [-0.2, -0.15) is 9.90 Å². The van der Waals surface area contributed by atoms with E-state index in [1.54, 1.807) is 41.5 Å².